The van der Waals surface area contributed by atoms with Crippen molar-refractivity contribution in [3.63, 3.8) is 0 Å². The fourth-order valence-electron chi connectivity index (χ4n) is 3.67. The van der Waals surface area contributed by atoms with Gasteiger partial charge >= 0.3 is 0 Å². The number of Topliss-reactive ketones (excluding diaryl/α,β-unsaturated/α-hetero) is 1. The summed E-state index contributed by atoms with van der Waals surface area (Å²) in [7, 11) is 4.30. The molecule has 1 heterocycles. The highest BCUT2D eigenvalue weighted by Crippen LogP contribution is 2.39. The van der Waals surface area contributed by atoms with Crippen LogP contribution in [0.2, 0.25) is 0 Å². The number of carbonyl (C=O) groups is 3. The molecule has 0 fully saturated rings. The van der Waals surface area contributed by atoms with Gasteiger partial charge in [-0.2, -0.15) is 0 Å². The highest BCUT2D eigenvalue weighted by atomic mass is 16.5. The van der Waals surface area contributed by atoms with E-state index in [9.17, 15) is 14.4 Å². The normalized spacial score (nSPS) is 14.8. The number of hydrogen-bond acceptors (Lipinski definition) is 6. The van der Waals surface area contributed by atoms with Crippen molar-refractivity contribution in [2.75, 3.05) is 26.2 Å². The van der Waals surface area contributed by atoms with Crippen LogP contribution < -0.4 is 24.4 Å². The first kappa shape index (κ1) is 22.1. The Morgan fingerprint density at radius 3 is 2.16 bits per heavy atom. The van der Waals surface area contributed by atoms with E-state index in [1.54, 1.807) is 12.1 Å². The predicted octanol–water partition coefficient (Wildman–Crippen LogP) is 2.38. The van der Waals surface area contributed by atoms with Crippen LogP contribution in [-0.2, 0) is 16.0 Å². The molecule has 0 spiro atoms. The Morgan fingerprint density at radius 1 is 1.00 bits per heavy atom. The summed E-state index contributed by atoms with van der Waals surface area (Å²) >= 11 is 0. The number of ketones is 1. The van der Waals surface area contributed by atoms with E-state index < -0.39 is 17.7 Å². The summed E-state index contributed by atoms with van der Waals surface area (Å²) < 4.78 is 15.9. The predicted molar refractivity (Wildman–Crippen MR) is 115 cm³/mol. The van der Waals surface area contributed by atoms with Gasteiger partial charge in [-0.05, 0) is 37.6 Å². The van der Waals surface area contributed by atoms with Crippen molar-refractivity contribution in [3.8, 4) is 17.2 Å². The molecule has 164 valence electrons. The molecular formula is C23H26N2O6. The SMILES string of the molecule is COc1cc(C(=O)C(=O)N2c3ccccc3C[C@H]2C(=O)NC(C)C)cc(OC)c1OC. The summed E-state index contributed by atoms with van der Waals surface area (Å²) in [5.74, 6) is -1.06. The Hall–Kier alpha value is -3.55. The van der Waals surface area contributed by atoms with Gasteiger partial charge in [0.2, 0.25) is 11.7 Å². The second-order valence-electron chi connectivity index (χ2n) is 7.43. The summed E-state index contributed by atoms with van der Waals surface area (Å²) in [6.45, 7) is 3.68. The third-order valence-electron chi connectivity index (χ3n) is 5.05. The second-order valence-corrected chi connectivity index (χ2v) is 7.43. The quantitative estimate of drug-likeness (QED) is 0.540. The largest absolute Gasteiger partial charge is 0.493 e. The van der Waals surface area contributed by atoms with Gasteiger partial charge in [-0.3, -0.25) is 19.3 Å². The molecule has 0 saturated heterocycles. The summed E-state index contributed by atoms with van der Waals surface area (Å²) in [5.41, 5.74) is 1.46. The molecule has 0 aromatic heterocycles. The minimum Gasteiger partial charge on any atom is -0.493 e. The van der Waals surface area contributed by atoms with Gasteiger partial charge in [0, 0.05) is 23.7 Å². The standard InChI is InChI=1S/C23H26N2O6/c1-13(2)24-22(27)17-10-14-8-6-7-9-16(14)25(17)23(28)20(26)15-11-18(29-3)21(31-5)19(12-15)30-4/h6-9,11-13,17H,10H2,1-5H3,(H,24,27)/t17-/m0/s1. The molecule has 8 heteroatoms. The topological polar surface area (TPSA) is 94.2 Å². The molecule has 0 saturated carbocycles. The Labute approximate surface area is 181 Å². The van der Waals surface area contributed by atoms with E-state index in [1.807, 2.05) is 26.0 Å². The van der Waals surface area contributed by atoms with E-state index in [4.69, 9.17) is 14.2 Å². The molecule has 0 bridgehead atoms. The average Bonchev–Trinajstić information content (AvgIpc) is 3.16. The highest BCUT2D eigenvalue weighted by molar-refractivity contribution is 6.48. The maximum Gasteiger partial charge on any atom is 0.300 e. The van der Waals surface area contributed by atoms with E-state index in [0.29, 0.717) is 17.9 Å². The van der Waals surface area contributed by atoms with Crippen molar-refractivity contribution in [3.05, 3.63) is 47.5 Å². The second kappa shape index (κ2) is 9.07. The first-order chi connectivity index (χ1) is 14.8. The van der Waals surface area contributed by atoms with Gasteiger partial charge in [0.25, 0.3) is 11.7 Å². The van der Waals surface area contributed by atoms with Crippen LogP contribution in [0.4, 0.5) is 5.69 Å². The van der Waals surface area contributed by atoms with Gasteiger partial charge in [0.1, 0.15) is 6.04 Å². The van der Waals surface area contributed by atoms with Crippen LogP contribution in [0.3, 0.4) is 0 Å². The molecule has 2 aromatic rings. The van der Waals surface area contributed by atoms with Crippen LogP contribution in [0.1, 0.15) is 29.8 Å². The molecule has 2 amide bonds. The highest BCUT2D eigenvalue weighted by Gasteiger charge is 2.41. The maximum atomic E-state index is 13.3. The van der Waals surface area contributed by atoms with Crippen molar-refractivity contribution in [1.29, 1.82) is 0 Å². The number of ether oxygens (including phenoxy) is 3. The lowest BCUT2D eigenvalue weighted by atomic mass is 10.1. The third-order valence-corrected chi connectivity index (χ3v) is 5.05. The molecule has 3 rings (SSSR count). The number of amides is 2. The van der Waals surface area contributed by atoms with Gasteiger partial charge in [0.05, 0.1) is 21.3 Å². The first-order valence-corrected chi connectivity index (χ1v) is 9.88. The molecule has 1 N–H and O–H groups in total. The zero-order valence-electron chi connectivity index (χ0n) is 18.2. The van der Waals surface area contributed by atoms with Crippen LogP contribution in [-0.4, -0.2) is 51.0 Å². The van der Waals surface area contributed by atoms with Crippen LogP contribution in [0.25, 0.3) is 0 Å². The van der Waals surface area contributed by atoms with Crippen molar-refractivity contribution < 1.29 is 28.6 Å². The molecule has 0 radical (unpaired) electrons. The number of methoxy groups -OCH3 is 3. The zero-order chi connectivity index (χ0) is 22.7. The average molecular weight is 426 g/mol. The minimum atomic E-state index is -0.807. The van der Waals surface area contributed by atoms with Crippen LogP contribution >= 0.6 is 0 Å². The monoisotopic (exact) mass is 426 g/mol. The van der Waals surface area contributed by atoms with Crippen LogP contribution in [0, 0.1) is 0 Å². The van der Waals surface area contributed by atoms with Crippen molar-refractivity contribution >= 4 is 23.3 Å². The summed E-state index contributed by atoms with van der Waals surface area (Å²) in [5, 5.41) is 2.83. The van der Waals surface area contributed by atoms with E-state index in [2.05, 4.69) is 5.32 Å². The zero-order valence-corrected chi connectivity index (χ0v) is 18.2. The Bertz CT molecular complexity index is 992. The van der Waals surface area contributed by atoms with E-state index >= 15 is 0 Å². The summed E-state index contributed by atoms with van der Waals surface area (Å²) in [4.78, 5) is 40.6. The third kappa shape index (κ3) is 4.19. The smallest absolute Gasteiger partial charge is 0.300 e. The van der Waals surface area contributed by atoms with Gasteiger partial charge in [0.15, 0.2) is 11.5 Å². The minimum absolute atomic E-state index is 0.0758. The summed E-state index contributed by atoms with van der Waals surface area (Å²) in [6, 6.07) is 9.13. The van der Waals surface area contributed by atoms with Gasteiger partial charge in [-0.25, -0.2) is 0 Å². The van der Waals surface area contributed by atoms with Crippen LogP contribution in [0.5, 0.6) is 17.2 Å². The lowest BCUT2D eigenvalue weighted by Crippen LogP contribution is -2.51. The molecule has 31 heavy (non-hydrogen) atoms. The van der Waals surface area contributed by atoms with E-state index in [-0.39, 0.29) is 29.0 Å². The first-order valence-electron chi connectivity index (χ1n) is 9.88. The Morgan fingerprint density at radius 2 is 1.61 bits per heavy atom. The number of para-hydroxylation sites is 1. The van der Waals surface area contributed by atoms with Crippen LogP contribution in [0.15, 0.2) is 36.4 Å². The molecule has 1 aliphatic rings. The summed E-state index contributed by atoms with van der Waals surface area (Å²) in [6.07, 6.45) is 0.336. The molecular weight excluding hydrogens is 400 g/mol. The molecule has 0 unspecified atom stereocenters. The molecule has 0 aliphatic carbocycles. The number of nitrogens with zero attached hydrogens (tertiary/aromatic N) is 1. The fourth-order valence-corrected chi connectivity index (χ4v) is 3.67. The number of fused-ring (bicyclic) bond motifs is 1. The number of hydrogen-bond donors (Lipinski definition) is 1. The number of nitrogens with one attached hydrogen (secondary N) is 1. The van der Waals surface area contributed by atoms with E-state index in [1.165, 1.54) is 38.4 Å². The molecule has 2 aromatic carbocycles. The maximum absolute atomic E-state index is 13.3. The Balaban J connectivity index is 2.01. The molecule has 1 atom stereocenters. The van der Waals surface area contributed by atoms with Gasteiger partial charge in [-0.15, -0.1) is 0 Å². The van der Waals surface area contributed by atoms with E-state index in [0.717, 1.165) is 5.56 Å². The molecule has 8 nitrogen and oxygen atoms in total. The molecule has 1 aliphatic heterocycles. The number of rotatable bonds is 7. The number of carbonyl (C=O) groups excluding carboxylic acids is 3. The van der Waals surface area contributed by atoms with Crippen molar-refractivity contribution in [2.24, 2.45) is 0 Å². The van der Waals surface area contributed by atoms with Gasteiger partial charge in [-0.1, -0.05) is 18.2 Å². The van der Waals surface area contributed by atoms with Gasteiger partial charge < -0.3 is 19.5 Å². The number of anilines is 1. The lowest BCUT2D eigenvalue weighted by molar-refractivity contribution is -0.125. The van der Waals surface area contributed by atoms with Crippen molar-refractivity contribution in [1.82, 2.24) is 5.32 Å². The fraction of sp³-hybridized carbons (Fsp3) is 0.348. The number of benzene rings is 2. The Kier molecular flexibility index (Phi) is 6.48. The van der Waals surface area contributed by atoms with Crippen molar-refractivity contribution in [2.45, 2.75) is 32.4 Å². The lowest BCUT2D eigenvalue weighted by Gasteiger charge is -2.25.